The number of benzene rings is 3. The number of anilines is 1. The third kappa shape index (κ3) is 6.21. The van der Waals surface area contributed by atoms with Crippen molar-refractivity contribution in [2.75, 3.05) is 18.0 Å². The second-order valence-corrected chi connectivity index (χ2v) is 14.1. The molecule has 0 atom stereocenters. The lowest BCUT2D eigenvalue weighted by Gasteiger charge is -2.27. The molecule has 246 valence electrons. The van der Waals surface area contributed by atoms with Crippen LogP contribution in [-0.4, -0.2) is 28.5 Å². The average Bonchev–Trinajstić information content (AvgIpc) is 3.41. The lowest BCUT2D eigenvalue weighted by Crippen LogP contribution is -3.00. The van der Waals surface area contributed by atoms with Crippen LogP contribution in [0.4, 0.5) is 11.4 Å². The first kappa shape index (κ1) is 34.7. The molecule has 3 aliphatic rings. The van der Waals surface area contributed by atoms with Crippen molar-refractivity contribution >= 4 is 22.7 Å². The van der Waals surface area contributed by atoms with Crippen LogP contribution in [-0.2, 0) is 17.4 Å². The Morgan fingerprint density at radius 1 is 0.787 bits per heavy atom. The molecule has 0 amide bonds. The molecular formula is C43H51ClN2O. The van der Waals surface area contributed by atoms with E-state index in [1.807, 2.05) is 6.07 Å². The minimum atomic E-state index is -0.0739. The van der Waals surface area contributed by atoms with Gasteiger partial charge in [-0.15, -0.1) is 0 Å². The Morgan fingerprint density at radius 3 is 2.23 bits per heavy atom. The predicted molar refractivity (Wildman–Crippen MR) is 195 cm³/mol. The molecule has 3 aromatic rings. The van der Waals surface area contributed by atoms with Gasteiger partial charge in [0.25, 0.3) is 0 Å². The molecule has 0 saturated heterocycles. The average molecular weight is 647 g/mol. The summed E-state index contributed by atoms with van der Waals surface area (Å²) in [5.41, 5.74) is 14.2. The van der Waals surface area contributed by atoms with E-state index in [0.717, 1.165) is 56.3 Å². The molecule has 0 aromatic heterocycles. The number of hydrogen-bond acceptors (Lipinski definition) is 2. The summed E-state index contributed by atoms with van der Waals surface area (Å²) in [7, 11) is 0. The van der Waals surface area contributed by atoms with E-state index in [1.54, 1.807) is 0 Å². The Hall–Kier alpha value is -3.66. The van der Waals surface area contributed by atoms with Gasteiger partial charge < -0.3 is 22.4 Å². The zero-order chi connectivity index (χ0) is 32.5. The molecule has 0 saturated carbocycles. The van der Waals surface area contributed by atoms with Crippen LogP contribution in [0.1, 0.15) is 95.9 Å². The number of hydrogen-bond donors (Lipinski definition) is 1. The Kier molecular flexibility index (Phi) is 10.5. The Morgan fingerprint density at radius 2 is 1.49 bits per heavy atom. The lowest BCUT2D eigenvalue weighted by atomic mass is 9.79. The van der Waals surface area contributed by atoms with Gasteiger partial charge in [0.2, 0.25) is 5.69 Å². The van der Waals surface area contributed by atoms with Crippen molar-refractivity contribution in [3.05, 3.63) is 136 Å². The van der Waals surface area contributed by atoms with Gasteiger partial charge >= 0.3 is 0 Å². The highest BCUT2D eigenvalue weighted by molar-refractivity contribution is 6.03. The van der Waals surface area contributed by atoms with Crippen molar-refractivity contribution < 1.29 is 22.1 Å². The summed E-state index contributed by atoms with van der Waals surface area (Å²) in [6.45, 7) is 16.0. The minimum Gasteiger partial charge on any atom is -1.00 e. The van der Waals surface area contributed by atoms with Gasteiger partial charge in [-0.25, -0.2) is 0 Å². The van der Waals surface area contributed by atoms with E-state index in [-0.39, 0.29) is 29.8 Å². The van der Waals surface area contributed by atoms with Gasteiger partial charge in [-0.3, -0.25) is 0 Å². The highest BCUT2D eigenvalue weighted by Crippen LogP contribution is 2.48. The molecule has 0 unspecified atom stereocenters. The molecule has 1 N–H and O–H groups in total. The summed E-state index contributed by atoms with van der Waals surface area (Å²) in [5.74, 6) is 0. The number of nitrogens with zero attached hydrogens (tertiary/aromatic N) is 2. The Bertz CT molecular complexity index is 1780. The van der Waals surface area contributed by atoms with Crippen LogP contribution in [0.15, 0.2) is 114 Å². The number of rotatable bonds is 9. The first-order valence-corrected chi connectivity index (χ1v) is 17.4. The van der Waals surface area contributed by atoms with Crippen LogP contribution in [0.25, 0.3) is 5.57 Å². The van der Waals surface area contributed by atoms with Gasteiger partial charge in [-0.2, -0.15) is 4.58 Å². The number of aliphatic hydroxyl groups is 1. The normalized spacial score (nSPS) is 19.9. The first-order chi connectivity index (χ1) is 22.2. The minimum absolute atomic E-state index is 0. The maximum atomic E-state index is 10.5. The number of fused-ring (bicyclic) bond motifs is 2. The van der Waals surface area contributed by atoms with Gasteiger partial charge in [0.15, 0.2) is 5.71 Å². The molecule has 3 aromatic carbocycles. The van der Waals surface area contributed by atoms with Gasteiger partial charge in [0.1, 0.15) is 6.54 Å². The molecule has 0 bridgehead atoms. The second-order valence-electron chi connectivity index (χ2n) is 14.1. The molecule has 1 aliphatic carbocycles. The van der Waals surface area contributed by atoms with Gasteiger partial charge in [0.05, 0.1) is 12.0 Å². The quantitative estimate of drug-likeness (QED) is 0.249. The van der Waals surface area contributed by atoms with Crippen LogP contribution < -0.4 is 17.3 Å². The van der Waals surface area contributed by atoms with E-state index in [4.69, 9.17) is 0 Å². The second kappa shape index (κ2) is 14.2. The third-order valence-corrected chi connectivity index (χ3v) is 10.4. The topological polar surface area (TPSA) is 26.5 Å². The van der Waals surface area contributed by atoms with E-state index in [9.17, 15) is 5.11 Å². The Balaban J connectivity index is 0.00000433. The third-order valence-electron chi connectivity index (χ3n) is 10.4. The zero-order valence-electron chi connectivity index (χ0n) is 29.1. The standard InChI is InChI=1S/C43H51N2O.ClH/c1-7-28-44-37-22-13-11-20-35(37)42(3,4)39(44)26-24-31-17-15-18-32(41(31)34-19-10-9-16-33(34)30-46)25-27-40-43(5,6)36-21-12-14-23-38(36)45(40)29-8-2;/h9-14,16,19-27,46H,7-8,15,17-18,28-30H2,1-6H3;1H/q+1;/p-1. The summed E-state index contributed by atoms with van der Waals surface area (Å²) >= 11 is 0. The molecule has 2 heterocycles. The highest BCUT2D eigenvalue weighted by Gasteiger charge is 2.44. The molecular weight excluding hydrogens is 596 g/mol. The first-order valence-electron chi connectivity index (χ1n) is 17.4. The smallest absolute Gasteiger partial charge is 0.209 e. The van der Waals surface area contributed by atoms with Crippen LogP contribution >= 0.6 is 0 Å². The summed E-state index contributed by atoms with van der Waals surface area (Å²) in [4.78, 5) is 2.53. The zero-order valence-corrected chi connectivity index (χ0v) is 29.9. The summed E-state index contributed by atoms with van der Waals surface area (Å²) in [6, 6.07) is 26.2. The maximum absolute atomic E-state index is 10.5. The number of para-hydroxylation sites is 2. The molecule has 47 heavy (non-hydrogen) atoms. The van der Waals surface area contributed by atoms with Crippen LogP contribution in [0, 0.1) is 0 Å². The molecule has 6 rings (SSSR count). The molecule has 0 radical (unpaired) electrons. The van der Waals surface area contributed by atoms with Gasteiger partial charge in [-0.1, -0.05) is 101 Å². The van der Waals surface area contributed by atoms with E-state index in [0.29, 0.717) is 0 Å². The fraction of sp³-hybridized carbons (Fsp3) is 0.372. The van der Waals surface area contributed by atoms with Crippen LogP contribution in [0.3, 0.4) is 0 Å². The van der Waals surface area contributed by atoms with E-state index >= 15 is 0 Å². The number of aliphatic hydroxyl groups excluding tert-OH is 1. The summed E-state index contributed by atoms with van der Waals surface area (Å²) < 4.78 is 2.53. The van der Waals surface area contributed by atoms with Gasteiger partial charge in [0, 0.05) is 47.5 Å². The van der Waals surface area contributed by atoms with Crippen molar-refractivity contribution in [1.82, 2.24) is 0 Å². The summed E-state index contributed by atoms with van der Waals surface area (Å²) in [5, 5.41) is 10.5. The molecule has 2 aliphatic heterocycles. The summed E-state index contributed by atoms with van der Waals surface area (Å²) in [6.07, 6.45) is 14.9. The fourth-order valence-corrected chi connectivity index (χ4v) is 8.08. The lowest BCUT2D eigenvalue weighted by molar-refractivity contribution is -0.437. The molecule has 3 nitrogen and oxygen atoms in total. The van der Waals surface area contributed by atoms with Crippen molar-refractivity contribution in [2.45, 2.75) is 91.1 Å². The predicted octanol–water partition coefficient (Wildman–Crippen LogP) is 7.18. The molecule has 4 heteroatoms. The Labute approximate surface area is 289 Å². The van der Waals surface area contributed by atoms with Crippen molar-refractivity contribution in [2.24, 2.45) is 0 Å². The van der Waals surface area contributed by atoms with Crippen molar-refractivity contribution in [3.63, 3.8) is 0 Å². The molecule has 0 spiro atoms. The van der Waals surface area contributed by atoms with E-state index in [2.05, 4.69) is 142 Å². The van der Waals surface area contributed by atoms with Gasteiger partial charge in [-0.05, 0) is 85.1 Å². The van der Waals surface area contributed by atoms with Crippen LogP contribution in [0.5, 0.6) is 0 Å². The van der Waals surface area contributed by atoms with E-state index < -0.39 is 0 Å². The highest BCUT2D eigenvalue weighted by atomic mass is 35.5. The number of halogens is 1. The SMILES string of the molecule is CCCN1C(=CC=C2CCCC(C=CC3=[N+](CCC)c4ccccc4C3(C)C)=C2c2ccccc2CO)C(C)(C)c2ccccc21.[Cl-]. The molecule has 0 fully saturated rings. The largest absolute Gasteiger partial charge is 1.00 e. The van der Waals surface area contributed by atoms with Crippen molar-refractivity contribution in [3.8, 4) is 0 Å². The maximum Gasteiger partial charge on any atom is 0.209 e. The van der Waals surface area contributed by atoms with Crippen molar-refractivity contribution in [1.29, 1.82) is 0 Å². The van der Waals surface area contributed by atoms with Crippen LogP contribution in [0.2, 0.25) is 0 Å². The monoisotopic (exact) mass is 646 g/mol. The number of allylic oxidation sites excluding steroid dienone is 8. The van der Waals surface area contributed by atoms with E-state index in [1.165, 1.54) is 50.6 Å². The fourth-order valence-electron chi connectivity index (χ4n) is 8.08.